The molecule has 4 rings (SSSR count). The van der Waals surface area contributed by atoms with Crippen LogP contribution in [0.1, 0.15) is 64.2 Å². The number of rotatable bonds is 2. The molecule has 21 heavy (non-hydrogen) atoms. The van der Waals surface area contributed by atoms with Gasteiger partial charge < -0.3 is 5.73 Å². The van der Waals surface area contributed by atoms with Gasteiger partial charge in [-0.25, -0.2) is 0 Å². The lowest BCUT2D eigenvalue weighted by molar-refractivity contribution is -0.00724. The number of hydrogen-bond acceptors (Lipinski definition) is 3. The van der Waals surface area contributed by atoms with Crippen LogP contribution in [0.5, 0.6) is 0 Å². The lowest BCUT2D eigenvalue weighted by Crippen LogP contribution is -2.63. The third-order valence-electron chi connectivity index (χ3n) is 7.54. The molecule has 3 heteroatoms. The minimum atomic E-state index is 0.320. The number of nitrogens with two attached hydrogens (primary N) is 1. The second kappa shape index (κ2) is 5.50. The Kier molecular flexibility index (Phi) is 3.79. The molecular formula is C18H33N3. The van der Waals surface area contributed by atoms with Crippen LogP contribution in [0.2, 0.25) is 0 Å². The molecule has 0 aromatic rings. The molecule has 3 nitrogen and oxygen atoms in total. The Bertz CT molecular complexity index is 367. The molecule has 120 valence electrons. The van der Waals surface area contributed by atoms with Gasteiger partial charge in [0.15, 0.2) is 0 Å². The first-order valence-corrected chi connectivity index (χ1v) is 9.47. The summed E-state index contributed by atoms with van der Waals surface area (Å²) in [7, 11) is 0. The van der Waals surface area contributed by atoms with E-state index in [1.165, 1.54) is 90.4 Å². The quantitative estimate of drug-likeness (QED) is 0.849. The van der Waals surface area contributed by atoms with Crippen molar-refractivity contribution in [3.8, 4) is 0 Å². The highest BCUT2D eigenvalue weighted by molar-refractivity contribution is 5.10. The lowest BCUT2D eigenvalue weighted by Gasteiger charge is -2.51. The van der Waals surface area contributed by atoms with Gasteiger partial charge in [0.1, 0.15) is 0 Å². The van der Waals surface area contributed by atoms with E-state index in [0.717, 1.165) is 18.0 Å². The van der Waals surface area contributed by atoms with Crippen LogP contribution in [0.4, 0.5) is 0 Å². The van der Waals surface area contributed by atoms with Gasteiger partial charge in [-0.2, -0.15) is 0 Å². The van der Waals surface area contributed by atoms with Crippen LogP contribution in [0.3, 0.4) is 0 Å². The van der Waals surface area contributed by atoms with Gasteiger partial charge in [0.05, 0.1) is 0 Å². The average Bonchev–Trinajstić information content (AvgIpc) is 3.14. The lowest BCUT2D eigenvalue weighted by atomic mass is 9.74. The summed E-state index contributed by atoms with van der Waals surface area (Å²) in [5.74, 6) is 0. The second-order valence-electron chi connectivity index (χ2n) is 8.30. The first-order valence-electron chi connectivity index (χ1n) is 9.47. The van der Waals surface area contributed by atoms with E-state index in [1.807, 2.05) is 0 Å². The van der Waals surface area contributed by atoms with E-state index >= 15 is 0 Å². The maximum Gasteiger partial charge on any atom is 0.0498 e. The van der Waals surface area contributed by atoms with E-state index in [9.17, 15) is 0 Å². The average molecular weight is 291 g/mol. The molecule has 0 aromatic carbocycles. The fraction of sp³-hybridized carbons (Fsp3) is 1.00. The molecule has 0 radical (unpaired) electrons. The first kappa shape index (κ1) is 14.5. The van der Waals surface area contributed by atoms with Gasteiger partial charge in [-0.15, -0.1) is 0 Å². The van der Waals surface area contributed by atoms with Crippen LogP contribution in [0.15, 0.2) is 0 Å². The number of nitrogens with zero attached hydrogens (tertiary/aromatic N) is 2. The van der Waals surface area contributed by atoms with Crippen LogP contribution < -0.4 is 5.73 Å². The fourth-order valence-electron chi connectivity index (χ4n) is 6.16. The maximum atomic E-state index is 6.38. The molecule has 2 atom stereocenters. The summed E-state index contributed by atoms with van der Waals surface area (Å²) in [5, 5.41) is 0. The minimum Gasteiger partial charge on any atom is -0.329 e. The van der Waals surface area contributed by atoms with Gasteiger partial charge in [-0.1, -0.05) is 19.3 Å². The van der Waals surface area contributed by atoms with E-state index in [2.05, 4.69) is 9.80 Å². The summed E-state index contributed by atoms with van der Waals surface area (Å²) < 4.78 is 0. The Morgan fingerprint density at radius 1 is 0.810 bits per heavy atom. The Balaban J connectivity index is 1.49. The van der Waals surface area contributed by atoms with E-state index < -0.39 is 0 Å². The SMILES string of the molecule is NCC1(N2CCC3(CCCC3)CC2)CCN2CCCCC21. The molecule has 1 saturated carbocycles. The van der Waals surface area contributed by atoms with Crippen LogP contribution >= 0.6 is 0 Å². The molecule has 2 N–H and O–H groups in total. The molecule has 0 aromatic heterocycles. The van der Waals surface area contributed by atoms with Crippen molar-refractivity contribution < 1.29 is 0 Å². The Hall–Kier alpha value is -0.120. The van der Waals surface area contributed by atoms with Crippen molar-refractivity contribution >= 4 is 0 Å². The van der Waals surface area contributed by atoms with Crippen molar-refractivity contribution in [3.05, 3.63) is 0 Å². The molecule has 3 heterocycles. The second-order valence-corrected chi connectivity index (χ2v) is 8.30. The number of piperidine rings is 2. The maximum absolute atomic E-state index is 6.38. The normalized spacial score (nSPS) is 40.7. The Morgan fingerprint density at radius 3 is 2.29 bits per heavy atom. The van der Waals surface area contributed by atoms with E-state index in [-0.39, 0.29) is 0 Å². The Labute approximate surface area is 130 Å². The highest BCUT2D eigenvalue weighted by Gasteiger charge is 2.52. The zero-order valence-corrected chi connectivity index (χ0v) is 13.7. The number of fused-ring (bicyclic) bond motifs is 1. The largest absolute Gasteiger partial charge is 0.329 e. The third kappa shape index (κ3) is 2.27. The van der Waals surface area contributed by atoms with E-state index in [1.54, 1.807) is 0 Å². The molecule has 2 unspecified atom stereocenters. The van der Waals surface area contributed by atoms with Gasteiger partial charge >= 0.3 is 0 Å². The molecule has 4 aliphatic rings. The summed E-state index contributed by atoms with van der Waals surface area (Å²) in [6.45, 7) is 6.14. The summed E-state index contributed by atoms with van der Waals surface area (Å²) in [4.78, 5) is 5.60. The van der Waals surface area contributed by atoms with Crippen molar-refractivity contribution in [1.82, 2.24) is 9.80 Å². The molecule has 0 bridgehead atoms. The van der Waals surface area contributed by atoms with Crippen LogP contribution in [-0.2, 0) is 0 Å². The van der Waals surface area contributed by atoms with Crippen LogP contribution in [0.25, 0.3) is 0 Å². The highest BCUT2D eigenvalue weighted by Crippen LogP contribution is 2.49. The zero-order chi connectivity index (χ0) is 14.3. The molecule has 1 spiro atoms. The third-order valence-corrected chi connectivity index (χ3v) is 7.54. The predicted octanol–water partition coefficient (Wildman–Crippen LogP) is 2.60. The van der Waals surface area contributed by atoms with E-state index in [4.69, 9.17) is 5.73 Å². The predicted molar refractivity (Wildman–Crippen MR) is 87.3 cm³/mol. The number of hydrogen-bond donors (Lipinski definition) is 1. The van der Waals surface area contributed by atoms with Crippen molar-refractivity contribution in [2.75, 3.05) is 32.7 Å². The van der Waals surface area contributed by atoms with Crippen LogP contribution in [0, 0.1) is 5.41 Å². The topological polar surface area (TPSA) is 32.5 Å². The monoisotopic (exact) mass is 291 g/mol. The molecular weight excluding hydrogens is 258 g/mol. The van der Waals surface area contributed by atoms with Crippen molar-refractivity contribution in [1.29, 1.82) is 0 Å². The summed E-state index contributed by atoms with van der Waals surface area (Å²) >= 11 is 0. The minimum absolute atomic E-state index is 0.320. The standard InChI is InChI=1S/C18H33N3/c19-15-18(10-12-20-11-4-1-5-16(18)20)21-13-8-17(9-14-21)6-2-3-7-17/h16H,1-15,19H2. The molecule has 1 aliphatic carbocycles. The van der Waals surface area contributed by atoms with Crippen molar-refractivity contribution in [3.63, 3.8) is 0 Å². The summed E-state index contributed by atoms with van der Waals surface area (Å²) in [5.41, 5.74) is 7.44. The zero-order valence-electron chi connectivity index (χ0n) is 13.7. The summed E-state index contributed by atoms with van der Waals surface area (Å²) in [6.07, 6.45) is 14.4. The van der Waals surface area contributed by atoms with Crippen molar-refractivity contribution in [2.45, 2.75) is 75.8 Å². The molecule has 3 saturated heterocycles. The summed E-state index contributed by atoms with van der Waals surface area (Å²) in [6, 6.07) is 0.758. The molecule has 0 amide bonds. The molecule has 4 fully saturated rings. The van der Waals surface area contributed by atoms with Gasteiger partial charge in [0, 0.05) is 24.7 Å². The van der Waals surface area contributed by atoms with Gasteiger partial charge in [0.25, 0.3) is 0 Å². The van der Waals surface area contributed by atoms with E-state index in [0.29, 0.717) is 5.54 Å². The molecule has 3 aliphatic heterocycles. The smallest absolute Gasteiger partial charge is 0.0498 e. The number of likely N-dealkylation sites (tertiary alicyclic amines) is 1. The van der Waals surface area contributed by atoms with Gasteiger partial charge in [-0.3, -0.25) is 9.80 Å². The fourth-order valence-corrected chi connectivity index (χ4v) is 6.16. The highest BCUT2D eigenvalue weighted by atomic mass is 15.3. The Morgan fingerprint density at radius 2 is 1.57 bits per heavy atom. The van der Waals surface area contributed by atoms with Crippen LogP contribution in [-0.4, -0.2) is 54.1 Å². The van der Waals surface area contributed by atoms with Gasteiger partial charge in [-0.05, 0) is 70.0 Å². The first-order chi connectivity index (χ1) is 10.3. The van der Waals surface area contributed by atoms with Gasteiger partial charge in [0.2, 0.25) is 0 Å². The van der Waals surface area contributed by atoms with Crippen molar-refractivity contribution in [2.24, 2.45) is 11.1 Å².